The van der Waals surface area contributed by atoms with Crippen LogP contribution < -0.4 is 0 Å². The molecule has 0 radical (unpaired) electrons. The number of rotatable bonds is 8. The fourth-order valence-corrected chi connectivity index (χ4v) is 9.93. The quantitative estimate of drug-likeness (QED) is 0.271. The lowest BCUT2D eigenvalue weighted by Gasteiger charge is -2.35. The summed E-state index contributed by atoms with van der Waals surface area (Å²) in [5.41, 5.74) is 1.07. The van der Waals surface area contributed by atoms with Crippen LogP contribution in [0.15, 0.2) is 42.5 Å². The van der Waals surface area contributed by atoms with Crippen LogP contribution in [-0.4, -0.2) is 12.2 Å². The maximum absolute atomic E-state index is 15.0. The molecule has 0 spiro atoms. The maximum atomic E-state index is 15.0. The van der Waals surface area contributed by atoms with Crippen molar-refractivity contribution in [2.75, 3.05) is 0 Å². The predicted octanol–water partition coefficient (Wildman–Crippen LogP) is 9.66. The Kier molecular flexibility index (Phi) is 8.27. The summed E-state index contributed by atoms with van der Waals surface area (Å²) in [5.74, 6) is -1.77. The molecule has 0 bridgehead atoms. The second-order valence-electron chi connectivity index (χ2n) is 10.3. The van der Waals surface area contributed by atoms with Crippen molar-refractivity contribution in [2.24, 2.45) is 0 Å². The highest BCUT2D eigenvalue weighted by atomic mass is 32.1. The molecule has 0 N–H and O–H groups in total. The Bertz CT molecular complexity index is 1210. The third-order valence-electron chi connectivity index (χ3n) is 7.67. The zero-order valence-electron chi connectivity index (χ0n) is 20.9. The summed E-state index contributed by atoms with van der Waals surface area (Å²) in [5, 5.41) is 1.12. The highest BCUT2D eigenvalue weighted by molar-refractivity contribution is 7.54. The molecule has 0 aliphatic heterocycles. The van der Waals surface area contributed by atoms with Crippen molar-refractivity contribution in [3.05, 3.63) is 70.1 Å². The van der Waals surface area contributed by atoms with E-state index in [4.69, 9.17) is 9.05 Å². The topological polar surface area (TPSA) is 35.5 Å². The van der Waals surface area contributed by atoms with Crippen LogP contribution in [0.5, 0.6) is 0 Å². The molecule has 5 rings (SSSR count). The van der Waals surface area contributed by atoms with Crippen molar-refractivity contribution in [2.45, 2.75) is 95.4 Å². The SMILES string of the molecule is Cc1c(C(Cc2ccc(F)c(F)c2)P(=O)(OC2CCCCC2)OC2CCCCC2)sc2ccccc12. The molecule has 1 atom stereocenters. The van der Waals surface area contributed by atoms with Gasteiger partial charge in [-0.05, 0) is 73.7 Å². The van der Waals surface area contributed by atoms with Crippen molar-refractivity contribution in [3.63, 3.8) is 0 Å². The van der Waals surface area contributed by atoms with Gasteiger partial charge in [-0.1, -0.05) is 62.8 Å². The van der Waals surface area contributed by atoms with E-state index in [0.29, 0.717) is 5.56 Å². The molecular formula is C29H35F2O3PS. The Morgan fingerprint density at radius 2 is 1.50 bits per heavy atom. The number of hydrogen-bond acceptors (Lipinski definition) is 4. The van der Waals surface area contributed by atoms with E-state index in [9.17, 15) is 8.78 Å². The van der Waals surface area contributed by atoms with Crippen LogP contribution in [0.4, 0.5) is 8.78 Å². The van der Waals surface area contributed by atoms with Crippen LogP contribution in [0.25, 0.3) is 10.1 Å². The summed E-state index contributed by atoms with van der Waals surface area (Å²) in [6.45, 7) is 2.05. The lowest BCUT2D eigenvalue weighted by Crippen LogP contribution is -2.23. The van der Waals surface area contributed by atoms with Crippen LogP contribution >= 0.6 is 18.9 Å². The van der Waals surface area contributed by atoms with Crippen molar-refractivity contribution in [1.29, 1.82) is 0 Å². The second kappa shape index (κ2) is 11.4. The first-order chi connectivity index (χ1) is 17.4. The van der Waals surface area contributed by atoms with E-state index in [-0.39, 0.29) is 18.6 Å². The minimum absolute atomic E-state index is 0.102. The molecule has 1 unspecified atom stereocenters. The minimum Gasteiger partial charge on any atom is -0.305 e. The number of thiophene rings is 1. The van der Waals surface area contributed by atoms with E-state index in [1.807, 2.05) is 12.1 Å². The van der Waals surface area contributed by atoms with Gasteiger partial charge in [-0.2, -0.15) is 0 Å². The monoisotopic (exact) mass is 532 g/mol. The molecule has 2 aliphatic rings. The summed E-state index contributed by atoms with van der Waals surface area (Å²) >= 11 is 1.61. The van der Waals surface area contributed by atoms with E-state index < -0.39 is 24.9 Å². The lowest BCUT2D eigenvalue weighted by atomic mass is 9.98. The number of fused-ring (bicyclic) bond motifs is 1. The average molecular weight is 533 g/mol. The molecule has 1 aromatic heterocycles. The van der Waals surface area contributed by atoms with Crippen LogP contribution in [0, 0.1) is 18.6 Å². The van der Waals surface area contributed by atoms with Crippen molar-refractivity contribution in [1.82, 2.24) is 0 Å². The molecule has 2 aliphatic carbocycles. The van der Waals surface area contributed by atoms with Gasteiger partial charge in [0.2, 0.25) is 0 Å². The minimum atomic E-state index is -3.67. The van der Waals surface area contributed by atoms with Crippen LogP contribution in [0.3, 0.4) is 0 Å². The second-order valence-corrected chi connectivity index (χ2v) is 13.5. The Balaban J connectivity index is 1.59. The van der Waals surface area contributed by atoms with E-state index >= 15 is 4.57 Å². The Morgan fingerprint density at radius 3 is 2.08 bits per heavy atom. The summed E-state index contributed by atoms with van der Waals surface area (Å²) < 4.78 is 57.2. The Labute approximate surface area is 216 Å². The zero-order chi connectivity index (χ0) is 25.1. The smallest absolute Gasteiger partial charge is 0.305 e. The molecule has 2 aromatic carbocycles. The molecular weight excluding hydrogens is 497 g/mol. The van der Waals surface area contributed by atoms with E-state index in [1.54, 1.807) is 17.4 Å². The van der Waals surface area contributed by atoms with Crippen molar-refractivity contribution < 1.29 is 22.4 Å². The molecule has 7 heteroatoms. The number of halogens is 2. The molecule has 2 fully saturated rings. The van der Waals surface area contributed by atoms with E-state index in [2.05, 4.69) is 19.1 Å². The van der Waals surface area contributed by atoms with Gasteiger partial charge in [0.25, 0.3) is 0 Å². The van der Waals surface area contributed by atoms with Gasteiger partial charge < -0.3 is 9.05 Å². The molecule has 2 saturated carbocycles. The third kappa shape index (κ3) is 5.78. The van der Waals surface area contributed by atoms with Gasteiger partial charge in [0.1, 0.15) is 0 Å². The molecule has 0 saturated heterocycles. The number of aryl methyl sites for hydroxylation is 1. The summed E-state index contributed by atoms with van der Waals surface area (Å²) in [6.07, 6.45) is 10.1. The third-order valence-corrected chi connectivity index (χ3v) is 11.6. The predicted molar refractivity (Wildman–Crippen MR) is 143 cm³/mol. The van der Waals surface area contributed by atoms with Crippen LogP contribution in [0.1, 0.15) is 85.9 Å². The van der Waals surface area contributed by atoms with Crippen molar-refractivity contribution in [3.8, 4) is 0 Å². The van der Waals surface area contributed by atoms with Gasteiger partial charge in [0.15, 0.2) is 11.6 Å². The highest BCUT2D eigenvalue weighted by Gasteiger charge is 2.43. The summed E-state index contributed by atoms with van der Waals surface area (Å²) in [7, 11) is -3.67. The number of benzene rings is 2. The molecule has 36 heavy (non-hydrogen) atoms. The summed E-state index contributed by atoms with van der Waals surface area (Å²) in [6, 6.07) is 12.1. The van der Waals surface area contributed by atoms with Gasteiger partial charge in [-0.3, -0.25) is 4.57 Å². The molecule has 3 aromatic rings. The average Bonchev–Trinajstić information content (AvgIpc) is 3.21. The van der Waals surface area contributed by atoms with E-state index in [1.165, 1.54) is 18.9 Å². The lowest BCUT2D eigenvalue weighted by molar-refractivity contribution is 0.0747. The molecule has 194 valence electrons. The number of hydrogen-bond donors (Lipinski definition) is 0. The van der Waals surface area contributed by atoms with Gasteiger partial charge in [-0.15, -0.1) is 11.3 Å². The first kappa shape index (κ1) is 26.0. The van der Waals surface area contributed by atoms with Gasteiger partial charge in [0.05, 0.1) is 17.9 Å². The van der Waals surface area contributed by atoms with Crippen LogP contribution in [0.2, 0.25) is 0 Å². The zero-order valence-corrected chi connectivity index (χ0v) is 22.6. The fourth-order valence-electron chi connectivity index (χ4n) is 5.68. The fraction of sp³-hybridized carbons (Fsp3) is 0.517. The first-order valence-electron chi connectivity index (χ1n) is 13.3. The van der Waals surface area contributed by atoms with Crippen LogP contribution in [-0.2, 0) is 20.0 Å². The first-order valence-corrected chi connectivity index (χ1v) is 15.7. The normalized spacial score (nSPS) is 19.1. The summed E-state index contributed by atoms with van der Waals surface area (Å²) in [4.78, 5) is 0.955. The Morgan fingerprint density at radius 1 is 0.889 bits per heavy atom. The maximum Gasteiger partial charge on any atom is 0.339 e. The van der Waals surface area contributed by atoms with Gasteiger partial charge >= 0.3 is 7.60 Å². The standard InChI is InChI=1S/C29H35F2O3PS/c1-20-24-14-8-9-15-28(24)36-29(20)27(19-21-16-17-25(30)26(31)18-21)35(32,33-22-10-4-2-5-11-22)34-23-12-6-3-7-13-23/h8-9,14-18,22-23,27H,2-7,10-13,19H2,1H3. The molecule has 0 amide bonds. The molecule has 1 heterocycles. The molecule has 3 nitrogen and oxygen atoms in total. The highest BCUT2D eigenvalue weighted by Crippen LogP contribution is 2.66. The largest absolute Gasteiger partial charge is 0.339 e. The Hall–Kier alpha value is -1.59. The van der Waals surface area contributed by atoms with E-state index in [0.717, 1.165) is 78.0 Å². The van der Waals surface area contributed by atoms with Gasteiger partial charge in [0, 0.05) is 9.58 Å². The van der Waals surface area contributed by atoms with Crippen molar-refractivity contribution >= 4 is 29.0 Å². The van der Waals surface area contributed by atoms with Gasteiger partial charge in [-0.25, -0.2) is 8.78 Å².